The molecule has 0 bridgehead atoms. The number of amides is 1. The van der Waals surface area contributed by atoms with Gasteiger partial charge < -0.3 is 14.9 Å². The Balaban J connectivity index is 2.09. The third-order valence-corrected chi connectivity index (χ3v) is 2.88. The number of nitrogens with zero attached hydrogens (tertiary/aromatic N) is 1. The van der Waals surface area contributed by atoms with Gasteiger partial charge in [-0.05, 0) is 23.6 Å². The molecule has 2 rings (SSSR count). The fraction of sp³-hybridized carbons (Fsp3) is 0.267. The molecular formula is C15H16N2O4. The Morgan fingerprint density at radius 1 is 1.33 bits per heavy atom. The molecule has 110 valence electrons. The maximum absolute atomic E-state index is 12.0. The van der Waals surface area contributed by atoms with Gasteiger partial charge in [-0.25, -0.2) is 0 Å². The van der Waals surface area contributed by atoms with Crippen molar-refractivity contribution in [3.63, 3.8) is 0 Å². The molecule has 6 nitrogen and oxygen atoms in total. The highest BCUT2D eigenvalue weighted by Crippen LogP contribution is 2.16. The van der Waals surface area contributed by atoms with Crippen LogP contribution in [0.1, 0.15) is 41.6 Å². The molecule has 0 unspecified atom stereocenters. The van der Waals surface area contributed by atoms with E-state index >= 15 is 0 Å². The van der Waals surface area contributed by atoms with Gasteiger partial charge in [0.25, 0.3) is 5.91 Å². The lowest BCUT2D eigenvalue weighted by atomic mass is 10.1. The molecule has 1 aromatic carbocycles. The molecule has 0 radical (unpaired) electrons. The second-order valence-electron chi connectivity index (χ2n) is 5.00. The number of benzene rings is 1. The minimum Gasteiger partial charge on any atom is -0.481 e. The van der Waals surface area contributed by atoms with Gasteiger partial charge >= 0.3 is 5.97 Å². The molecule has 0 atom stereocenters. The smallest absolute Gasteiger partial charge is 0.307 e. The molecule has 2 aromatic rings. The van der Waals surface area contributed by atoms with Crippen LogP contribution in [-0.4, -0.2) is 22.1 Å². The molecule has 0 aliphatic carbocycles. The van der Waals surface area contributed by atoms with E-state index in [9.17, 15) is 9.59 Å². The summed E-state index contributed by atoms with van der Waals surface area (Å²) in [5.74, 6) is -1.03. The van der Waals surface area contributed by atoms with Crippen molar-refractivity contribution in [2.24, 2.45) is 0 Å². The van der Waals surface area contributed by atoms with Gasteiger partial charge in [-0.15, -0.1) is 0 Å². The Morgan fingerprint density at radius 3 is 2.71 bits per heavy atom. The van der Waals surface area contributed by atoms with Crippen LogP contribution in [0.4, 0.5) is 5.69 Å². The third kappa shape index (κ3) is 3.92. The lowest BCUT2D eigenvalue weighted by Crippen LogP contribution is -2.11. The molecule has 21 heavy (non-hydrogen) atoms. The van der Waals surface area contributed by atoms with Crippen molar-refractivity contribution >= 4 is 17.6 Å². The predicted molar refractivity (Wildman–Crippen MR) is 76.3 cm³/mol. The summed E-state index contributed by atoms with van der Waals surface area (Å²) in [7, 11) is 0. The van der Waals surface area contributed by atoms with E-state index in [0.29, 0.717) is 16.9 Å². The molecular weight excluding hydrogens is 272 g/mol. The Kier molecular flexibility index (Phi) is 4.37. The number of carbonyl (C=O) groups excluding carboxylic acids is 1. The second-order valence-corrected chi connectivity index (χ2v) is 5.00. The average molecular weight is 288 g/mol. The number of carboxylic acids is 1. The average Bonchev–Trinajstić information content (AvgIpc) is 2.88. The molecule has 0 saturated heterocycles. The van der Waals surface area contributed by atoms with E-state index in [1.807, 2.05) is 13.8 Å². The molecule has 1 heterocycles. The van der Waals surface area contributed by atoms with E-state index in [4.69, 9.17) is 9.63 Å². The first kappa shape index (κ1) is 14.8. The van der Waals surface area contributed by atoms with Crippen LogP contribution in [-0.2, 0) is 11.2 Å². The minimum absolute atomic E-state index is 0.0937. The number of anilines is 1. The summed E-state index contributed by atoms with van der Waals surface area (Å²) in [5, 5.41) is 15.2. The molecule has 0 aliphatic heterocycles. The van der Waals surface area contributed by atoms with Crippen LogP contribution in [0.2, 0.25) is 0 Å². The SMILES string of the molecule is CC(C)c1cc(C(=O)Nc2cccc(CC(=O)O)c2)on1. The number of carbonyl (C=O) groups is 2. The topological polar surface area (TPSA) is 92.4 Å². The van der Waals surface area contributed by atoms with E-state index in [-0.39, 0.29) is 18.1 Å². The van der Waals surface area contributed by atoms with Gasteiger partial charge in [-0.3, -0.25) is 9.59 Å². The third-order valence-electron chi connectivity index (χ3n) is 2.88. The summed E-state index contributed by atoms with van der Waals surface area (Å²) in [6.07, 6.45) is -0.0937. The van der Waals surface area contributed by atoms with Crippen LogP contribution in [0, 0.1) is 0 Å². The quantitative estimate of drug-likeness (QED) is 0.882. The zero-order valence-electron chi connectivity index (χ0n) is 11.8. The fourth-order valence-corrected chi connectivity index (χ4v) is 1.79. The van der Waals surface area contributed by atoms with E-state index < -0.39 is 11.9 Å². The first-order valence-corrected chi connectivity index (χ1v) is 6.54. The number of rotatable bonds is 5. The van der Waals surface area contributed by atoms with Crippen molar-refractivity contribution in [2.45, 2.75) is 26.2 Å². The van der Waals surface area contributed by atoms with Gasteiger partial charge in [0.2, 0.25) is 5.76 Å². The van der Waals surface area contributed by atoms with E-state index in [2.05, 4.69) is 10.5 Å². The molecule has 0 spiro atoms. The summed E-state index contributed by atoms with van der Waals surface area (Å²) in [6.45, 7) is 3.91. The zero-order chi connectivity index (χ0) is 15.4. The van der Waals surface area contributed by atoms with Crippen molar-refractivity contribution < 1.29 is 19.2 Å². The van der Waals surface area contributed by atoms with Gasteiger partial charge in [0.1, 0.15) is 0 Å². The Labute approximate surface area is 121 Å². The van der Waals surface area contributed by atoms with E-state index in [1.165, 1.54) is 0 Å². The molecule has 1 amide bonds. The van der Waals surface area contributed by atoms with Crippen molar-refractivity contribution in [1.82, 2.24) is 5.16 Å². The normalized spacial score (nSPS) is 10.6. The second kappa shape index (κ2) is 6.21. The first-order chi connectivity index (χ1) is 9.95. The monoisotopic (exact) mass is 288 g/mol. The Bertz CT molecular complexity index is 661. The van der Waals surface area contributed by atoms with Crippen LogP contribution >= 0.6 is 0 Å². The van der Waals surface area contributed by atoms with Gasteiger partial charge in [0.05, 0.1) is 12.1 Å². The largest absolute Gasteiger partial charge is 0.481 e. The van der Waals surface area contributed by atoms with E-state index in [1.54, 1.807) is 30.3 Å². The number of hydrogen-bond donors (Lipinski definition) is 2. The molecule has 1 aromatic heterocycles. The standard InChI is InChI=1S/C15H16N2O4/c1-9(2)12-8-13(21-17-12)15(20)16-11-5-3-4-10(6-11)7-14(18)19/h3-6,8-9H,7H2,1-2H3,(H,16,20)(H,18,19). The van der Waals surface area contributed by atoms with Crippen LogP contribution < -0.4 is 5.32 Å². The maximum atomic E-state index is 12.0. The summed E-state index contributed by atoms with van der Waals surface area (Å²) < 4.78 is 5.00. The molecule has 6 heteroatoms. The van der Waals surface area contributed by atoms with Crippen molar-refractivity contribution in [3.8, 4) is 0 Å². The molecule has 2 N–H and O–H groups in total. The highest BCUT2D eigenvalue weighted by molar-refractivity contribution is 6.02. The van der Waals surface area contributed by atoms with Crippen molar-refractivity contribution in [2.75, 3.05) is 5.32 Å². The lowest BCUT2D eigenvalue weighted by molar-refractivity contribution is -0.136. The molecule has 0 aliphatic rings. The van der Waals surface area contributed by atoms with Gasteiger partial charge in [-0.1, -0.05) is 31.1 Å². The number of hydrogen-bond acceptors (Lipinski definition) is 4. The summed E-state index contributed by atoms with van der Waals surface area (Å²) in [4.78, 5) is 22.7. The molecule has 0 saturated carbocycles. The van der Waals surface area contributed by atoms with E-state index in [0.717, 1.165) is 0 Å². The number of nitrogens with one attached hydrogen (secondary N) is 1. The maximum Gasteiger partial charge on any atom is 0.307 e. The summed E-state index contributed by atoms with van der Waals surface area (Å²) in [5.41, 5.74) is 1.83. The zero-order valence-corrected chi connectivity index (χ0v) is 11.8. The Hall–Kier alpha value is -2.63. The van der Waals surface area contributed by atoms with Gasteiger partial charge in [0, 0.05) is 11.8 Å². The minimum atomic E-state index is -0.921. The van der Waals surface area contributed by atoms with Gasteiger partial charge in [0.15, 0.2) is 0 Å². The van der Waals surface area contributed by atoms with Crippen LogP contribution in [0.25, 0.3) is 0 Å². The van der Waals surface area contributed by atoms with Crippen molar-refractivity contribution in [3.05, 3.63) is 47.3 Å². The highest BCUT2D eigenvalue weighted by Gasteiger charge is 2.15. The molecule has 0 fully saturated rings. The lowest BCUT2D eigenvalue weighted by Gasteiger charge is -2.04. The van der Waals surface area contributed by atoms with Crippen LogP contribution in [0.5, 0.6) is 0 Å². The summed E-state index contributed by atoms with van der Waals surface area (Å²) >= 11 is 0. The first-order valence-electron chi connectivity index (χ1n) is 6.54. The number of aromatic nitrogens is 1. The van der Waals surface area contributed by atoms with Crippen LogP contribution in [0.3, 0.4) is 0 Å². The Morgan fingerprint density at radius 2 is 2.10 bits per heavy atom. The van der Waals surface area contributed by atoms with Gasteiger partial charge in [-0.2, -0.15) is 0 Å². The van der Waals surface area contributed by atoms with Crippen LogP contribution in [0.15, 0.2) is 34.9 Å². The number of carboxylic acid groups (broad SMARTS) is 1. The predicted octanol–water partition coefficient (Wildman–Crippen LogP) is 2.68. The fourth-order valence-electron chi connectivity index (χ4n) is 1.79. The van der Waals surface area contributed by atoms with Crippen molar-refractivity contribution in [1.29, 1.82) is 0 Å². The highest BCUT2D eigenvalue weighted by atomic mass is 16.5. The number of aliphatic carboxylic acids is 1. The summed E-state index contributed by atoms with van der Waals surface area (Å²) in [6, 6.07) is 8.28.